The van der Waals surface area contributed by atoms with Crippen LogP contribution in [-0.2, 0) is 23.9 Å². The average Bonchev–Trinajstić information content (AvgIpc) is 2.68. The smallest absolute Gasteiger partial charge is 0.309 e. The van der Waals surface area contributed by atoms with Crippen LogP contribution in [0.4, 0.5) is 0 Å². The third-order valence-electron chi connectivity index (χ3n) is 5.68. The second-order valence-electron chi connectivity index (χ2n) is 8.21. The molecule has 2 aliphatic heterocycles. The molecular weight excluding hydrogens is 364 g/mol. The average molecular weight is 399 g/mol. The lowest BCUT2D eigenvalue weighted by Crippen LogP contribution is -2.44. The number of hydrogen-bond donors (Lipinski definition) is 2. The van der Waals surface area contributed by atoms with Crippen molar-refractivity contribution in [2.45, 2.75) is 58.2 Å². The van der Waals surface area contributed by atoms with Gasteiger partial charge in [-0.3, -0.25) is 14.4 Å². The molecule has 0 aromatic rings. The van der Waals surface area contributed by atoms with Crippen molar-refractivity contribution in [1.82, 2.24) is 10.2 Å². The van der Waals surface area contributed by atoms with Gasteiger partial charge in [-0.15, -0.1) is 0 Å². The molecule has 0 aliphatic carbocycles. The molecule has 0 bridgehead atoms. The first-order valence-electron chi connectivity index (χ1n) is 10.3. The van der Waals surface area contributed by atoms with Gasteiger partial charge in [0.05, 0.1) is 24.5 Å². The Morgan fingerprint density at radius 3 is 2.54 bits per heavy atom. The molecule has 2 aliphatic rings. The second-order valence-corrected chi connectivity index (χ2v) is 8.21. The van der Waals surface area contributed by atoms with Crippen molar-refractivity contribution in [3.8, 4) is 0 Å². The van der Waals surface area contributed by atoms with Crippen molar-refractivity contribution in [2.24, 2.45) is 17.8 Å². The molecule has 2 heterocycles. The lowest BCUT2D eigenvalue weighted by Gasteiger charge is -2.28. The van der Waals surface area contributed by atoms with Crippen LogP contribution in [0.3, 0.4) is 0 Å². The summed E-state index contributed by atoms with van der Waals surface area (Å²) in [6, 6.07) is 0. The van der Waals surface area contributed by atoms with Crippen LogP contribution in [0.1, 0.15) is 46.0 Å². The predicted molar refractivity (Wildman–Crippen MR) is 102 cm³/mol. The van der Waals surface area contributed by atoms with Crippen LogP contribution in [0.5, 0.6) is 0 Å². The maximum Gasteiger partial charge on any atom is 0.309 e. The van der Waals surface area contributed by atoms with E-state index in [1.165, 1.54) is 0 Å². The van der Waals surface area contributed by atoms with Crippen molar-refractivity contribution in [2.75, 3.05) is 33.4 Å². The number of ether oxygens (including phenoxy) is 2. The first-order valence-corrected chi connectivity index (χ1v) is 10.3. The summed E-state index contributed by atoms with van der Waals surface area (Å²) in [7, 11) is 1.69. The Morgan fingerprint density at radius 1 is 1.18 bits per heavy atom. The molecule has 2 amide bonds. The number of carbonyl (C=O) groups excluding carboxylic acids is 3. The standard InChI is InChI=1S/C20H34N2O6/c1-13-10-16(23)4-5-17(28-20(26)15-6-8-27-9-7-15)14(2)19(25)21-11-18(24)22(3)12-13/h13-17,23H,4-12H2,1-3H3,(H,21,25)/t13-,14-,16+,17+/m1/s1. The van der Waals surface area contributed by atoms with Crippen molar-refractivity contribution in [3.05, 3.63) is 0 Å². The van der Waals surface area contributed by atoms with E-state index in [-0.39, 0.29) is 36.2 Å². The number of likely N-dealkylation sites (N-methyl/N-ethyl adjacent to an activating group) is 1. The molecule has 28 heavy (non-hydrogen) atoms. The zero-order valence-electron chi connectivity index (χ0n) is 17.2. The van der Waals surface area contributed by atoms with Crippen LogP contribution in [0, 0.1) is 17.8 Å². The quantitative estimate of drug-likeness (QED) is 0.664. The predicted octanol–water partition coefficient (Wildman–Crippen LogP) is 0.716. The number of esters is 1. The fourth-order valence-electron chi connectivity index (χ4n) is 3.80. The Balaban J connectivity index is 2.07. The molecule has 0 radical (unpaired) electrons. The molecule has 0 spiro atoms. The van der Waals surface area contributed by atoms with Gasteiger partial charge in [-0.05, 0) is 38.0 Å². The van der Waals surface area contributed by atoms with Crippen molar-refractivity contribution in [1.29, 1.82) is 0 Å². The van der Waals surface area contributed by atoms with Gasteiger partial charge in [-0.2, -0.15) is 0 Å². The number of amides is 2. The highest BCUT2D eigenvalue weighted by Crippen LogP contribution is 2.23. The zero-order chi connectivity index (χ0) is 20.7. The van der Waals surface area contributed by atoms with Gasteiger partial charge in [0.25, 0.3) is 0 Å². The summed E-state index contributed by atoms with van der Waals surface area (Å²) in [6.07, 6.45) is 1.42. The number of rotatable bonds is 2. The molecule has 0 unspecified atom stereocenters. The summed E-state index contributed by atoms with van der Waals surface area (Å²) in [4.78, 5) is 38.9. The summed E-state index contributed by atoms with van der Waals surface area (Å²) in [5, 5.41) is 13.0. The summed E-state index contributed by atoms with van der Waals surface area (Å²) in [5.74, 6) is -1.51. The Bertz CT molecular complexity index is 549. The van der Waals surface area contributed by atoms with Gasteiger partial charge in [0.15, 0.2) is 0 Å². The van der Waals surface area contributed by atoms with E-state index in [2.05, 4.69) is 5.32 Å². The molecule has 0 aromatic heterocycles. The normalized spacial score (nSPS) is 31.9. The van der Waals surface area contributed by atoms with E-state index >= 15 is 0 Å². The van der Waals surface area contributed by atoms with E-state index in [0.29, 0.717) is 51.9 Å². The highest BCUT2D eigenvalue weighted by molar-refractivity contribution is 5.86. The first-order chi connectivity index (χ1) is 13.3. The minimum atomic E-state index is -0.631. The van der Waals surface area contributed by atoms with E-state index in [1.54, 1.807) is 18.9 Å². The van der Waals surface area contributed by atoms with Crippen LogP contribution in [0.25, 0.3) is 0 Å². The van der Waals surface area contributed by atoms with Crippen molar-refractivity contribution >= 4 is 17.8 Å². The molecule has 4 atom stereocenters. The lowest BCUT2D eigenvalue weighted by molar-refractivity contribution is -0.162. The van der Waals surface area contributed by atoms with Crippen LogP contribution >= 0.6 is 0 Å². The topological polar surface area (TPSA) is 105 Å². The Morgan fingerprint density at radius 2 is 1.86 bits per heavy atom. The number of hydrogen-bond acceptors (Lipinski definition) is 6. The van der Waals surface area contributed by atoms with Crippen LogP contribution in [0.15, 0.2) is 0 Å². The maximum absolute atomic E-state index is 12.5. The largest absolute Gasteiger partial charge is 0.461 e. The minimum Gasteiger partial charge on any atom is -0.461 e. The van der Waals surface area contributed by atoms with Crippen molar-refractivity contribution in [3.63, 3.8) is 0 Å². The number of aliphatic hydroxyl groups is 1. The molecule has 2 saturated heterocycles. The molecule has 2 fully saturated rings. The van der Waals surface area contributed by atoms with E-state index in [9.17, 15) is 19.5 Å². The first kappa shape index (κ1) is 22.6. The summed E-state index contributed by atoms with van der Waals surface area (Å²) in [6.45, 7) is 5.18. The number of nitrogens with zero attached hydrogens (tertiary/aromatic N) is 1. The number of nitrogens with one attached hydrogen (secondary N) is 1. The van der Waals surface area contributed by atoms with Gasteiger partial charge >= 0.3 is 5.97 Å². The molecule has 2 rings (SSSR count). The lowest BCUT2D eigenvalue weighted by atomic mass is 9.94. The third-order valence-corrected chi connectivity index (χ3v) is 5.68. The fraction of sp³-hybridized carbons (Fsp3) is 0.850. The molecule has 0 aromatic carbocycles. The maximum atomic E-state index is 12.5. The van der Waals surface area contributed by atoms with Gasteiger partial charge in [-0.25, -0.2) is 0 Å². The minimum absolute atomic E-state index is 0.0877. The number of aliphatic hydroxyl groups excluding tert-OH is 1. The molecule has 8 nitrogen and oxygen atoms in total. The van der Waals surface area contributed by atoms with Gasteiger partial charge in [0.2, 0.25) is 11.8 Å². The van der Waals surface area contributed by atoms with Crippen LogP contribution in [0.2, 0.25) is 0 Å². The zero-order valence-corrected chi connectivity index (χ0v) is 17.2. The summed E-state index contributed by atoms with van der Waals surface area (Å²) in [5.41, 5.74) is 0. The highest BCUT2D eigenvalue weighted by Gasteiger charge is 2.32. The molecular formula is C20H34N2O6. The monoisotopic (exact) mass is 398 g/mol. The van der Waals surface area contributed by atoms with Crippen LogP contribution in [-0.4, -0.2) is 73.3 Å². The van der Waals surface area contributed by atoms with E-state index in [0.717, 1.165) is 0 Å². The molecule has 2 N–H and O–H groups in total. The number of carbonyl (C=O) groups is 3. The van der Waals surface area contributed by atoms with Gasteiger partial charge in [0.1, 0.15) is 6.10 Å². The fourth-order valence-corrected chi connectivity index (χ4v) is 3.80. The second kappa shape index (κ2) is 10.8. The van der Waals surface area contributed by atoms with E-state index in [1.807, 2.05) is 6.92 Å². The summed E-state index contributed by atoms with van der Waals surface area (Å²) < 4.78 is 11.0. The van der Waals surface area contributed by atoms with E-state index < -0.39 is 18.1 Å². The van der Waals surface area contributed by atoms with E-state index in [4.69, 9.17) is 9.47 Å². The SMILES string of the molecule is C[C@@H]1C[C@@H](O)CC[C@H](OC(=O)C2CCOCC2)[C@@H](C)C(=O)NCC(=O)N(C)C1. The molecule has 0 saturated carbocycles. The van der Waals surface area contributed by atoms with Gasteiger partial charge < -0.3 is 24.8 Å². The molecule has 160 valence electrons. The highest BCUT2D eigenvalue weighted by atomic mass is 16.5. The van der Waals surface area contributed by atoms with Gasteiger partial charge in [0, 0.05) is 26.8 Å². The van der Waals surface area contributed by atoms with Crippen LogP contribution < -0.4 is 5.32 Å². The van der Waals surface area contributed by atoms with Crippen molar-refractivity contribution < 1.29 is 29.0 Å². The Labute approximate surface area is 166 Å². The third kappa shape index (κ3) is 6.74. The van der Waals surface area contributed by atoms with Gasteiger partial charge in [-0.1, -0.05) is 13.8 Å². The Hall–Kier alpha value is -1.67. The Kier molecular flexibility index (Phi) is 8.69. The summed E-state index contributed by atoms with van der Waals surface area (Å²) >= 11 is 0. The molecule has 8 heteroatoms.